The Morgan fingerprint density at radius 1 is 1.36 bits per heavy atom. The maximum Gasteiger partial charge on any atom is 0.333 e. The Morgan fingerprint density at radius 2 is 2.14 bits per heavy atom. The summed E-state index contributed by atoms with van der Waals surface area (Å²) in [6.07, 6.45) is 0.848. The van der Waals surface area contributed by atoms with Crippen LogP contribution in [0.15, 0.2) is 18.2 Å². The molecule has 0 spiro atoms. The maximum absolute atomic E-state index is 11.4. The smallest absolute Gasteiger partial charge is 0.333 e. The number of aryl methyl sites for hydroxylation is 2. The molecule has 1 aliphatic rings. The molecule has 0 amide bonds. The summed E-state index contributed by atoms with van der Waals surface area (Å²) in [6, 6.07) is 6.01. The number of nitrogens with zero attached hydrogens (tertiary/aromatic N) is 4. The molecule has 116 valence electrons. The first-order valence-corrected chi connectivity index (χ1v) is 7.10. The first kappa shape index (κ1) is 14.4. The second-order valence-corrected chi connectivity index (χ2v) is 5.44. The van der Waals surface area contributed by atoms with Gasteiger partial charge in [0.25, 0.3) is 0 Å². The highest BCUT2D eigenvalue weighted by Gasteiger charge is 2.30. The first-order valence-electron chi connectivity index (χ1n) is 7.10. The van der Waals surface area contributed by atoms with Gasteiger partial charge in [0.15, 0.2) is 0 Å². The summed E-state index contributed by atoms with van der Waals surface area (Å²) in [6.45, 7) is 3.02. The third-order valence-corrected chi connectivity index (χ3v) is 4.07. The summed E-state index contributed by atoms with van der Waals surface area (Å²) in [7, 11) is 3.38. The van der Waals surface area contributed by atoms with E-state index in [1.165, 1.54) is 5.56 Å². The molecule has 0 saturated carbocycles. The Labute approximate surface area is 128 Å². The summed E-state index contributed by atoms with van der Waals surface area (Å²) >= 11 is 0. The van der Waals surface area contributed by atoms with Crippen molar-refractivity contribution in [1.82, 2.24) is 9.78 Å². The van der Waals surface area contributed by atoms with Crippen molar-refractivity contribution in [1.29, 1.82) is 0 Å². The lowest BCUT2D eigenvalue weighted by atomic mass is 9.99. The van der Waals surface area contributed by atoms with E-state index in [4.69, 9.17) is 4.74 Å². The van der Waals surface area contributed by atoms with Crippen LogP contribution >= 0.6 is 0 Å². The normalized spacial score (nSPS) is 13.9. The molecule has 2 aromatic rings. The summed E-state index contributed by atoms with van der Waals surface area (Å²) < 4.78 is 6.86. The Bertz CT molecular complexity index is 739. The second kappa shape index (κ2) is 5.32. The topological polar surface area (TPSA) is 73.4 Å². The Hall–Kier alpha value is -2.57. The highest BCUT2D eigenvalue weighted by Crippen LogP contribution is 2.34. The maximum atomic E-state index is 11.4. The molecular weight excluding hydrogens is 284 g/mol. The van der Waals surface area contributed by atoms with Crippen LogP contribution in [0.2, 0.25) is 0 Å². The van der Waals surface area contributed by atoms with Gasteiger partial charge in [0.1, 0.15) is 11.4 Å². The molecular formula is C15H18N4O3. The number of rotatable bonds is 3. The SMILES string of the molecule is COc1ccc2c(c1)CN(c1c([N+](=O)[O-])c(C)nn1C)CC2. The standard InChI is InChI=1S/C15H18N4O3/c1-10-14(19(20)21)15(17(2)16-10)18-7-6-11-4-5-13(22-3)8-12(11)9-18/h4-5,8H,6-7,9H2,1-3H3. The fourth-order valence-corrected chi connectivity index (χ4v) is 3.04. The van der Waals surface area contributed by atoms with Gasteiger partial charge in [-0.05, 0) is 36.6 Å². The number of hydrogen-bond donors (Lipinski definition) is 0. The molecule has 1 aromatic carbocycles. The molecule has 2 heterocycles. The number of anilines is 1. The zero-order valence-electron chi connectivity index (χ0n) is 12.9. The van der Waals surface area contributed by atoms with Crippen LogP contribution in [-0.2, 0) is 20.0 Å². The van der Waals surface area contributed by atoms with E-state index < -0.39 is 0 Å². The molecule has 3 rings (SSSR count). The number of fused-ring (bicyclic) bond motifs is 1. The van der Waals surface area contributed by atoms with Crippen LogP contribution in [0.1, 0.15) is 16.8 Å². The predicted molar refractivity (Wildman–Crippen MR) is 82.3 cm³/mol. The van der Waals surface area contributed by atoms with E-state index in [9.17, 15) is 10.1 Å². The van der Waals surface area contributed by atoms with E-state index in [2.05, 4.69) is 11.2 Å². The van der Waals surface area contributed by atoms with Crippen LogP contribution in [0.5, 0.6) is 5.75 Å². The first-order chi connectivity index (χ1) is 10.5. The van der Waals surface area contributed by atoms with Gasteiger partial charge in [0.2, 0.25) is 5.82 Å². The molecule has 0 saturated heterocycles. The van der Waals surface area contributed by atoms with Gasteiger partial charge in [-0.25, -0.2) is 4.68 Å². The average Bonchev–Trinajstić information content (AvgIpc) is 2.80. The van der Waals surface area contributed by atoms with Crippen LogP contribution in [0.4, 0.5) is 11.5 Å². The van der Waals surface area contributed by atoms with E-state index in [0.717, 1.165) is 24.3 Å². The molecule has 7 heteroatoms. The van der Waals surface area contributed by atoms with Crippen LogP contribution < -0.4 is 9.64 Å². The number of benzene rings is 1. The molecule has 22 heavy (non-hydrogen) atoms. The van der Waals surface area contributed by atoms with Crippen molar-refractivity contribution in [2.24, 2.45) is 7.05 Å². The van der Waals surface area contributed by atoms with E-state index in [-0.39, 0.29) is 10.6 Å². The molecule has 0 fully saturated rings. The summed E-state index contributed by atoms with van der Waals surface area (Å²) in [5.74, 6) is 1.37. The van der Waals surface area contributed by atoms with Crippen LogP contribution in [0.3, 0.4) is 0 Å². The Kier molecular flexibility index (Phi) is 3.48. The van der Waals surface area contributed by atoms with Gasteiger partial charge in [-0.2, -0.15) is 5.10 Å². The number of nitro groups is 1. The molecule has 0 N–H and O–H groups in total. The lowest BCUT2D eigenvalue weighted by Crippen LogP contribution is -2.32. The van der Waals surface area contributed by atoms with Gasteiger partial charge in [-0.15, -0.1) is 0 Å². The third-order valence-electron chi connectivity index (χ3n) is 4.07. The quantitative estimate of drug-likeness (QED) is 0.642. The fourth-order valence-electron chi connectivity index (χ4n) is 3.04. The minimum atomic E-state index is -0.348. The highest BCUT2D eigenvalue weighted by atomic mass is 16.6. The molecule has 1 aromatic heterocycles. The summed E-state index contributed by atoms with van der Waals surface area (Å²) in [5, 5.41) is 15.6. The van der Waals surface area contributed by atoms with Gasteiger partial charge >= 0.3 is 5.69 Å². The highest BCUT2D eigenvalue weighted by molar-refractivity contribution is 5.62. The van der Waals surface area contributed by atoms with Gasteiger partial charge < -0.3 is 9.64 Å². The van der Waals surface area contributed by atoms with E-state index in [1.807, 2.05) is 17.0 Å². The van der Waals surface area contributed by atoms with E-state index in [1.54, 1.807) is 25.8 Å². The average molecular weight is 302 g/mol. The minimum Gasteiger partial charge on any atom is -0.497 e. The molecule has 0 radical (unpaired) electrons. The van der Waals surface area contributed by atoms with Gasteiger partial charge in [-0.3, -0.25) is 10.1 Å². The minimum absolute atomic E-state index is 0.0915. The fraction of sp³-hybridized carbons (Fsp3) is 0.400. The lowest BCUT2D eigenvalue weighted by Gasteiger charge is -2.30. The van der Waals surface area contributed by atoms with Crippen molar-refractivity contribution in [3.8, 4) is 5.75 Å². The Morgan fingerprint density at radius 3 is 2.82 bits per heavy atom. The van der Waals surface area contributed by atoms with Crippen molar-refractivity contribution in [2.45, 2.75) is 19.9 Å². The number of ether oxygens (including phenoxy) is 1. The van der Waals surface area contributed by atoms with Crippen LogP contribution in [0, 0.1) is 17.0 Å². The third kappa shape index (κ3) is 2.28. The van der Waals surface area contributed by atoms with Crippen LogP contribution in [-0.4, -0.2) is 28.4 Å². The number of aromatic nitrogens is 2. The molecule has 0 unspecified atom stereocenters. The predicted octanol–water partition coefficient (Wildman–Crippen LogP) is 2.21. The van der Waals surface area contributed by atoms with Gasteiger partial charge in [0, 0.05) is 20.1 Å². The van der Waals surface area contributed by atoms with Crippen molar-refractivity contribution < 1.29 is 9.66 Å². The molecule has 1 aliphatic heterocycles. The van der Waals surface area contributed by atoms with Crippen molar-refractivity contribution in [2.75, 3.05) is 18.6 Å². The van der Waals surface area contributed by atoms with E-state index >= 15 is 0 Å². The van der Waals surface area contributed by atoms with Crippen molar-refractivity contribution in [3.05, 3.63) is 45.1 Å². The molecule has 7 nitrogen and oxygen atoms in total. The molecule has 0 atom stereocenters. The van der Waals surface area contributed by atoms with Gasteiger partial charge in [-0.1, -0.05) is 6.07 Å². The number of methoxy groups -OCH3 is 1. The van der Waals surface area contributed by atoms with Gasteiger partial charge in [0.05, 0.1) is 12.0 Å². The largest absolute Gasteiger partial charge is 0.497 e. The second-order valence-electron chi connectivity index (χ2n) is 5.44. The number of hydrogen-bond acceptors (Lipinski definition) is 5. The Balaban J connectivity index is 2.00. The van der Waals surface area contributed by atoms with Crippen molar-refractivity contribution in [3.63, 3.8) is 0 Å². The summed E-state index contributed by atoms with van der Waals surface area (Å²) in [4.78, 5) is 13.0. The molecule has 0 aliphatic carbocycles. The monoisotopic (exact) mass is 302 g/mol. The lowest BCUT2D eigenvalue weighted by molar-refractivity contribution is -0.384. The molecule has 0 bridgehead atoms. The van der Waals surface area contributed by atoms with E-state index in [0.29, 0.717) is 18.1 Å². The van der Waals surface area contributed by atoms with Crippen molar-refractivity contribution >= 4 is 11.5 Å². The zero-order chi connectivity index (χ0) is 15.9. The summed E-state index contributed by atoms with van der Waals surface area (Å²) in [5.41, 5.74) is 2.94. The van der Waals surface area contributed by atoms with Crippen LogP contribution in [0.25, 0.3) is 0 Å². The zero-order valence-corrected chi connectivity index (χ0v) is 12.9.